The molecule has 0 nitrogen and oxygen atoms in total. The summed E-state index contributed by atoms with van der Waals surface area (Å²) in [5.74, 6) is 0. The molecule has 0 unspecified atom stereocenters. The molecule has 56 heavy (non-hydrogen) atoms. The van der Waals surface area contributed by atoms with Gasteiger partial charge in [0.25, 0.3) is 0 Å². The van der Waals surface area contributed by atoms with Crippen LogP contribution in [-0.2, 0) is 37.6 Å². The fourth-order valence-corrected chi connectivity index (χ4v) is 30.3. The Morgan fingerprint density at radius 3 is 1.52 bits per heavy atom. The number of rotatable bonds is 6. The summed E-state index contributed by atoms with van der Waals surface area (Å²) < 4.78 is 2.22. The van der Waals surface area contributed by atoms with Crippen molar-refractivity contribution in [3.8, 4) is 33.4 Å². The maximum Gasteiger partial charge on any atom is -1.00 e. The van der Waals surface area contributed by atoms with E-state index in [1.807, 2.05) is 0 Å². The van der Waals surface area contributed by atoms with E-state index in [-0.39, 0.29) is 35.6 Å². The molecule has 0 amide bonds. The number of aryl methyl sites for hydroxylation is 2. The second-order valence-corrected chi connectivity index (χ2v) is 31.2. The largest absolute Gasteiger partial charge is 1.00 e. The monoisotopic (exact) mass is 864 g/mol. The molecule has 282 valence electrons. The average molecular weight is 867 g/mol. The van der Waals surface area contributed by atoms with Gasteiger partial charge in [-0.25, -0.2) is 0 Å². The van der Waals surface area contributed by atoms with Gasteiger partial charge in [0.15, 0.2) is 0 Å². The van der Waals surface area contributed by atoms with Crippen molar-refractivity contribution < 1.29 is 45.2 Å². The van der Waals surface area contributed by atoms with Crippen LogP contribution in [0, 0.1) is 13.8 Å². The summed E-state index contributed by atoms with van der Waals surface area (Å²) in [6.45, 7) is 18.9. The van der Waals surface area contributed by atoms with Crippen LogP contribution in [-0.4, -0.2) is 5.43 Å². The smallest absolute Gasteiger partial charge is 1.00 e. The third kappa shape index (κ3) is 8.11. The molecule has 6 aromatic rings. The SMILES string of the molecule is Cc1ccc([Si](c2ccc(C)cc2)=[Zr+2]([c]2c3c(cc(C(C)(C)C)c2-c2ccccc2)-c2cc(C(C)(C)C)c(-c4ccccc4)cc2C3)[CH]2C=CC=C2)cc1.[Cl-].[Cl-]. The summed E-state index contributed by atoms with van der Waals surface area (Å²) in [6, 6.07) is 49.7. The van der Waals surface area contributed by atoms with Gasteiger partial charge in [0.1, 0.15) is 0 Å². The molecule has 0 N–H and O–H groups in total. The summed E-state index contributed by atoms with van der Waals surface area (Å²) in [5, 5.41) is 3.12. The van der Waals surface area contributed by atoms with Crippen molar-refractivity contribution in [1.82, 2.24) is 0 Å². The van der Waals surface area contributed by atoms with E-state index < -0.39 is 25.8 Å². The summed E-state index contributed by atoms with van der Waals surface area (Å²) >= 11 is -2.82. The van der Waals surface area contributed by atoms with Crippen LogP contribution in [0.5, 0.6) is 0 Å². The molecule has 0 heterocycles. The maximum absolute atomic E-state index is 2.82. The molecule has 0 saturated carbocycles. The Balaban J connectivity index is 0.00000266. The van der Waals surface area contributed by atoms with Crippen LogP contribution in [0.25, 0.3) is 33.4 Å². The van der Waals surface area contributed by atoms with E-state index in [1.54, 1.807) is 19.2 Å². The second-order valence-electron chi connectivity index (χ2n) is 17.5. The van der Waals surface area contributed by atoms with Crippen LogP contribution < -0.4 is 38.5 Å². The van der Waals surface area contributed by atoms with E-state index in [2.05, 4.69) is 207 Å². The number of hydrogen-bond donors (Lipinski definition) is 0. The number of allylic oxidation sites excluding steroid dienone is 4. The van der Waals surface area contributed by atoms with Crippen molar-refractivity contribution in [2.75, 3.05) is 0 Å². The van der Waals surface area contributed by atoms with E-state index in [0.29, 0.717) is 3.63 Å². The molecule has 0 atom stereocenters. The molecule has 0 aromatic heterocycles. The second kappa shape index (κ2) is 16.8. The van der Waals surface area contributed by atoms with Gasteiger partial charge in [-0.3, -0.25) is 0 Å². The quantitative estimate of drug-likeness (QED) is 0.187. The van der Waals surface area contributed by atoms with E-state index in [4.69, 9.17) is 0 Å². The minimum atomic E-state index is -2.82. The zero-order valence-electron chi connectivity index (χ0n) is 34.0. The van der Waals surface area contributed by atoms with Gasteiger partial charge in [0.05, 0.1) is 0 Å². The van der Waals surface area contributed by atoms with E-state index in [1.165, 1.54) is 61.2 Å². The van der Waals surface area contributed by atoms with Gasteiger partial charge >= 0.3 is 334 Å². The van der Waals surface area contributed by atoms with Gasteiger partial charge < -0.3 is 24.8 Å². The number of benzene rings is 6. The Hall–Kier alpha value is -3.52. The zero-order valence-corrected chi connectivity index (χ0v) is 38.9. The molecule has 2 aliphatic carbocycles. The Morgan fingerprint density at radius 2 is 1.02 bits per heavy atom. The van der Waals surface area contributed by atoms with Crippen molar-refractivity contribution in [2.45, 2.75) is 76.3 Å². The van der Waals surface area contributed by atoms with Gasteiger partial charge in [-0.15, -0.1) is 0 Å². The van der Waals surface area contributed by atoms with Gasteiger partial charge in [-0.1, -0.05) is 0 Å². The fourth-order valence-electron chi connectivity index (χ4n) is 8.65. The first-order valence-corrected chi connectivity index (χ1v) is 27.4. The Kier molecular flexibility index (Phi) is 12.6. The molecule has 6 aromatic carbocycles. The first-order chi connectivity index (χ1) is 25.9. The average Bonchev–Trinajstić information content (AvgIpc) is 3.82. The predicted octanol–water partition coefficient (Wildman–Crippen LogP) is 5.78. The minimum absolute atomic E-state index is 0. The predicted molar refractivity (Wildman–Crippen MR) is 232 cm³/mol. The topological polar surface area (TPSA) is 0 Å². The van der Waals surface area contributed by atoms with Crippen molar-refractivity contribution >= 4 is 19.1 Å². The molecule has 0 aliphatic heterocycles. The summed E-state index contributed by atoms with van der Waals surface area (Å²) in [7, 11) is 0. The molecule has 0 saturated heterocycles. The normalized spacial score (nSPS) is 13.0. The third-order valence-electron chi connectivity index (χ3n) is 11.4. The van der Waals surface area contributed by atoms with Crippen LogP contribution in [0.4, 0.5) is 0 Å². The fraction of sp³-hybridized carbons (Fsp3) is 0.231. The Bertz CT molecular complexity index is 2400. The first kappa shape index (κ1) is 42.1. The minimum Gasteiger partial charge on any atom is -1.00 e. The molecule has 0 bridgehead atoms. The van der Waals surface area contributed by atoms with Crippen LogP contribution in [0.3, 0.4) is 0 Å². The Labute approximate surface area is 356 Å². The molecule has 0 spiro atoms. The molecule has 2 aliphatic rings. The van der Waals surface area contributed by atoms with Crippen molar-refractivity contribution in [3.63, 3.8) is 0 Å². The van der Waals surface area contributed by atoms with Crippen molar-refractivity contribution in [3.05, 3.63) is 185 Å². The molecule has 4 heteroatoms. The van der Waals surface area contributed by atoms with Gasteiger partial charge in [0, 0.05) is 0 Å². The number of hydrogen-bond acceptors (Lipinski definition) is 0. The summed E-state index contributed by atoms with van der Waals surface area (Å²) in [5.41, 5.74) is 15.9. The van der Waals surface area contributed by atoms with Gasteiger partial charge in [-0.05, 0) is 0 Å². The third-order valence-corrected chi connectivity index (χ3v) is 30.7. The zero-order chi connectivity index (χ0) is 37.8. The molecular weight excluding hydrogens is 815 g/mol. The molecular formula is C52H52Cl2SiZr. The van der Waals surface area contributed by atoms with Crippen molar-refractivity contribution in [2.24, 2.45) is 0 Å². The van der Waals surface area contributed by atoms with E-state index >= 15 is 0 Å². The standard InChI is InChI=1S/C33H33.C14H14Si.C5H5.2ClH.Zr/c1-32(2,3)30-20-26-24(18-28(30)22-13-9-7-10-14-22)17-25-19-29(23-15-11-8-12-16-23)31(21-27(25)26)33(4,5)6;1-11-3-7-13(8-4-11)15-14-9-5-12(2)6-10-14;1-2-4-5-3-1;;;/h7-16,18,20-21H,17H2,1-6H3;3-10H,1-2H3;1-5H;2*1H;/q;;;;;+2/p-2. The first-order valence-electron chi connectivity index (χ1n) is 19.6. The van der Waals surface area contributed by atoms with Crippen LogP contribution in [0.2, 0.25) is 3.63 Å². The molecule has 0 radical (unpaired) electrons. The van der Waals surface area contributed by atoms with Crippen LogP contribution in [0.15, 0.2) is 152 Å². The maximum atomic E-state index is 2.63. The van der Waals surface area contributed by atoms with Gasteiger partial charge in [-0.2, -0.15) is 0 Å². The van der Waals surface area contributed by atoms with Crippen LogP contribution in [0.1, 0.15) is 74.9 Å². The summed E-state index contributed by atoms with van der Waals surface area (Å²) in [4.78, 5) is 0. The number of fused-ring (bicyclic) bond motifs is 3. The van der Waals surface area contributed by atoms with Crippen LogP contribution >= 0.6 is 0 Å². The van der Waals surface area contributed by atoms with Crippen molar-refractivity contribution in [1.29, 1.82) is 0 Å². The Morgan fingerprint density at radius 1 is 0.536 bits per heavy atom. The molecule has 0 fully saturated rings. The molecule has 8 rings (SSSR count). The number of halogens is 2. The van der Waals surface area contributed by atoms with Gasteiger partial charge in [0.2, 0.25) is 0 Å². The van der Waals surface area contributed by atoms with E-state index in [9.17, 15) is 0 Å². The van der Waals surface area contributed by atoms with E-state index in [0.717, 1.165) is 6.42 Å². The summed E-state index contributed by atoms with van der Waals surface area (Å²) in [6.07, 6.45) is 10.8.